The first-order valence-corrected chi connectivity index (χ1v) is 9.71. The topological polar surface area (TPSA) is 61.0 Å². The Labute approximate surface area is 147 Å². The number of nitrogens with one attached hydrogen (secondary N) is 2. The van der Waals surface area contributed by atoms with E-state index in [0.717, 1.165) is 30.8 Å². The van der Waals surface area contributed by atoms with E-state index in [1.54, 1.807) is 11.3 Å². The first-order valence-electron chi connectivity index (χ1n) is 8.77. The Morgan fingerprint density at radius 1 is 1.50 bits per heavy atom. The number of aromatic nitrogens is 2. The van der Waals surface area contributed by atoms with Gasteiger partial charge in [0.15, 0.2) is 0 Å². The molecule has 0 unspecified atom stereocenters. The van der Waals surface area contributed by atoms with Crippen LogP contribution in [0.5, 0.6) is 0 Å². The van der Waals surface area contributed by atoms with Gasteiger partial charge in [-0.25, -0.2) is 9.78 Å². The number of nitrogens with zero attached hydrogens (tertiary/aromatic N) is 2. The van der Waals surface area contributed by atoms with Crippen molar-refractivity contribution in [1.82, 2.24) is 20.2 Å². The summed E-state index contributed by atoms with van der Waals surface area (Å²) in [5.74, 6) is 0.838. The van der Waals surface area contributed by atoms with E-state index in [0.29, 0.717) is 12.6 Å². The van der Waals surface area contributed by atoms with Gasteiger partial charge in [-0.05, 0) is 48.6 Å². The van der Waals surface area contributed by atoms with E-state index in [1.807, 2.05) is 18.0 Å². The van der Waals surface area contributed by atoms with E-state index in [9.17, 15) is 4.79 Å². The average Bonchev–Trinajstić information content (AvgIpc) is 3.32. The lowest BCUT2D eigenvalue weighted by molar-refractivity contribution is 0.166. The molecule has 2 amide bonds. The highest BCUT2D eigenvalue weighted by atomic mass is 32.1. The Kier molecular flexibility index (Phi) is 5.56. The highest BCUT2D eigenvalue weighted by Crippen LogP contribution is 2.26. The molecule has 24 heavy (non-hydrogen) atoms. The normalized spacial score (nSPS) is 16.2. The maximum Gasteiger partial charge on any atom is 0.318 e. The Hall–Kier alpha value is -1.82. The number of hydrogen-bond donors (Lipinski definition) is 2. The summed E-state index contributed by atoms with van der Waals surface area (Å²) in [6.45, 7) is 4.74. The molecule has 1 saturated carbocycles. The summed E-state index contributed by atoms with van der Waals surface area (Å²) in [4.78, 5) is 22.6. The maximum absolute atomic E-state index is 13.0. The number of amides is 2. The van der Waals surface area contributed by atoms with Crippen LogP contribution in [-0.2, 0) is 6.54 Å². The van der Waals surface area contributed by atoms with Crippen LogP contribution < -0.4 is 5.32 Å². The standard InChI is InChI=1S/C18H26N4OS/c1-3-16(17-19-10-13(2)20-17)21-18(23)22(15-6-4-5-7-15)11-14-8-9-24-12-14/h8-10,12,15-16H,3-7,11H2,1-2H3,(H,19,20)(H,21,23)/t16-/m0/s1. The van der Waals surface area contributed by atoms with E-state index in [-0.39, 0.29) is 12.1 Å². The van der Waals surface area contributed by atoms with Crippen LogP contribution in [-0.4, -0.2) is 26.9 Å². The molecule has 0 saturated heterocycles. The Balaban J connectivity index is 1.72. The molecule has 0 bridgehead atoms. The van der Waals surface area contributed by atoms with Gasteiger partial charge in [0.2, 0.25) is 0 Å². The molecule has 0 aromatic carbocycles. The predicted octanol–water partition coefficient (Wildman–Crippen LogP) is 4.39. The number of carbonyl (C=O) groups is 1. The van der Waals surface area contributed by atoms with Gasteiger partial charge in [0.25, 0.3) is 0 Å². The van der Waals surface area contributed by atoms with Gasteiger partial charge in [-0.15, -0.1) is 0 Å². The third-order valence-electron chi connectivity index (χ3n) is 4.72. The number of aryl methyl sites for hydroxylation is 1. The molecule has 1 aliphatic carbocycles. The van der Waals surface area contributed by atoms with Crippen molar-refractivity contribution in [3.63, 3.8) is 0 Å². The van der Waals surface area contributed by atoms with Gasteiger partial charge in [0, 0.05) is 24.5 Å². The minimum atomic E-state index is -0.0717. The number of rotatable bonds is 6. The number of aromatic amines is 1. The van der Waals surface area contributed by atoms with Crippen LogP contribution >= 0.6 is 11.3 Å². The molecule has 5 nitrogen and oxygen atoms in total. The fourth-order valence-corrected chi connectivity index (χ4v) is 4.03. The second kappa shape index (κ2) is 7.83. The van der Waals surface area contributed by atoms with Gasteiger partial charge >= 0.3 is 6.03 Å². The first-order chi connectivity index (χ1) is 11.7. The average molecular weight is 347 g/mol. The number of urea groups is 1. The van der Waals surface area contributed by atoms with Crippen LogP contribution in [0, 0.1) is 6.92 Å². The van der Waals surface area contributed by atoms with E-state index in [2.05, 4.69) is 39.0 Å². The zero-order valence-corrected chi connectivity index (χ0v) is 15.2. The number of H-pyrrole nitrogens is 1. The van der Waals surface area contributed by atoms with Crippen molar-refractivity contribution in [2.75, 3.05) is 0 Å². The highest BCUT2D eigenvalue weighted by Gasteiger charge is 2.28. The quantitative estimate of drug-likeness (QED) is 0.815. The van der Waals surface area contributed by atoms with Crippen LogP contribution in [0.1, 0.15) is 62.2 Å². The summed E-state index contributed by atoms with van der Waals surface area (Å²) in [5.41, 5.74) is 2.23. The van der Waals surface area contributed by atoms with E-state index < -0.39 is 0 Å². The van der Waals surface area contributed by atoms with Gasteiger partial charge in [0.1, 0.15) is 5.82 Å². The first kappa shape index (κ1) is 17.0. The molecule has 2 N–H and O–H groups in total. The van der Waals surface area contributed by atoms with E-state index in [1.165, 1.54) is 18.4 Å². The Morgan fingerprint density at radius 2 is 2.29 bits per heavy atom. The third-order valence-corrected chi connectivity index (χ3v) is 5.45. The summed E-state index contributed by atoms with van der Waals surface area (Å²) < 4.78 is 0. The SMILES string of the molecule is CC[C@H](NC(=O)N(Cc1ccsc1)C1CCCC1)c1ncc(C)[nH]1. The van der Waals surface area contributed by atoms with Gasteiger partial charge in [-0.3, -0.25) is 0 Å². The van der Waals surface area contributed by atoms with Crippen LogP contribution in [0.15, 0.2) is 23.0 Å². The highest BCUT2D eigenvalue weighted by molar-refractivity contribution is 7.07. The van der Waals surface area contributed by atoms with Crippen molar-refractivity contribution in [2.24, 2.45) is 0 Å². The van der Waals surface area contributed by atoms with Crippen LogP contribution in [0.3, 0.4) is 0 Å². The Morgan fingerprint density at radius 3 is 2.88 bits per heavy atom. The molecular formula is C18H26N4OS. The van der Waals surface area contributed by atoms with Crippen LogP contribution in [0.2, 0.25) is 0 Å². The Bertz CT molecular complexity index is 646. The number of thiophene rings is 1. The molecule has 2 heterocycles. The van der Waals surface area contributed by atoms with E-state index in [4.69, 9.17) is 0 Å². The molecule has 1 fully saturated rings. The summed E-state index contributed by atoms with van der Waals surface area (Å²) in [5, 5.41) is 7.38. The van der Waals surface area contributed by atoms with Crippen molar-refractivity contribution in [1.29, 1.82) is 0 Å². The summed E-state index contributed by atoms with van der Waals surface area (Å²) >= 11 is 1.68. The van der Waals surface area contributed by atoms with Crippen molar-refractivity contribution in [2.45, 2.75) is 64.6 Å². The fourth-order valence-electron chi connectivity index (χ4n) is 3.37. The number of hydrogen-bond acceptors (Lipinski definition) is 3. The molecule has 1 atom stereocenters. The summed E-state index contributed by atoms with van der Waals surface area (Å²) in [6, 6.07) is 2.40. The zero-order chi connectivity index (χ0) is 16.9. The third kappa shape index (κ3) is 3.98. The molecule has 2 aromatic heterocycles. The zero-order valence-electron chi connectivity index (χ0n) is 14.4. The lowest BCUT2D eigenvalue weighted by atomic mass is 10.2. The lowest BCUT2D eigenvalue weighted by Crippen LogP contribution is -2.46. The maximum atomic E-state index is 13.0. The summed E-state index contributed by atoms with van der Waals surface area (Å²) in [7, 11) is 0. The van der Waals surface area contributed by atoms with Gasteiger partial charge in [0.05, 0.1) is 6.04 Å². The van der Waals surface area contributed by atoms with Crippen molar-refractivity contribution < 1.29 is 4.79 Å². The second-order valence-corrected chi connectivity index (χ2v) is 7.34. The van der Waals surface area contributed by atoms with Crippen molar-refractivity contribution in [3.8, 4) is 0 Å². The molecule has 2 aromatic rings. The minimum absolute atomic E-state index is 0.0222. The predicted molar refractivity (Wildman–Crippen MR) is 97.0 cm³/mol. The smallest absolute Gasteiger partial charge is 0.318 e. The number of carbonyl (C=O) groups excluding carboxylic acids is 1. The largest absolute Gasteiger partial charge is 0.344 e. The fraction of sp³-hybridized carbons (Fsp3) is 0.556. The molecule has 0 radical (unpaired) electrons. The van der Waals surface area contributed by atoms with Crippen molar-refractivity contribution >= 4 is 17.4 Å². The van der Waals surface area contributed by atoms with Crippen molar-refractivity contribution in [3.05, 3.63) is 40.1 Å². The van der Waals surface area contributed by atoms with Gasteiger partial charge in [-0.2, -0.15) is 11.3 Å². The van der Waals surface area contributed by atoms with Gasteiger partial charge < -0.3 is 15.2 Å². The second-order valence-electron chi connectivity index (χ2n) is 6.56. The molecule has 1 aliphatic rings. The van der Waals surface area contributed by atoms with Crippen LogP contribution in [0.25, 0.3) is 0 Å². The molecule has 6 heteroatoms. The molecule has 0 aliphatic heterocycles. The monoisotopic (exact) mass is 346 g/mol. The minimum Gasteiger partial charge on any atom is -0.344 e. The number of imidazole rings is 1. The molecule has 3 rings (SSSR count). The van der Waals surface area contributed by atoms with E-state index >= 15 is 0 Å². The molecule has 130 valence electrons. The summed E-state index contributed by atoms with van der Waals surface area (Å²) in [6.07, 6.45) is 7.27. The van der Waals surface area contributed by atoms with Gasteiger partial charge in [-0.1, -0.05) is 19.8 Å². The molecular weight excluding hydrogens is 320 g/mol. The lowest BCUT2D eigenvalue weighted by Gasteiger charge is -2.30. The van der Waals surface area contributed by atoms with Crippen LogP contribution in [0.4, 0.5) is 4.79 Å². The molecule has 0 spiro atoms.